The Morgan fingerprint density at radius 2 is 1.55 bits per heavy atom. The number of likely N-dealkylation sites (N-methyl/N-ethyl adjacent to an activating group) is 1. The lowest BCUT2D eigenvalue weighted by Crippen LogP contribution is -2.62. The number of halogens is 6. The second-order valence-corrected chi connectivity index (χ2v) is 21.8. The number of para-hydroxylation sites is 1. The maximum absolute atomic E-state index is 15.0. The Morgan fingerprint density at radius 1 is 0.841 bits per heavy atom. The van der Waals surface area contributed by atoms with Gasteiger partial charge in [-0.05, 0) is 130 Å². The van der Waals surface area contributed by atoms with E-state index in [1.165, 1.54) is 23.1 Å². The number of nitrogens with one attached hydrogen (secondary N) is 6. The van der Waals surface area contributed by atoms with Crippen molar-refractivity contribution in [2.45, 2.75) is 95.2 Å². The topological polar surface area (TPSA) is 206 Å². The highest BCUT2D eigenvalue weighted by Gasteiger charge is 2.48. The highest BCUT2D eigenvalue weighted by molar-refractivity contribution is 6.05. The van der Waals surface area contributed by atoms with E-state index in [1.807, 2.05) is 18.2 Å². The van der Waals surface area contributed by atoms with E-state index in [1.54, 1.807) is 50.1 Å². The first-order chi connectivity index (χ1) is 37.9. The SMILES string of the molecule is CNC(C)C(=O)NC(C(=O)N1Cc2ccc(NC(=O)CNC(=O)[C@@]3(C)CN(C(=O)CN4CC(C)NC[C@@H]4CN4CCOC[C@H]4C)c4cc(Cc5ccc(F)cc5)ccc43)cc2[C@H]1C(=O)Nc1c(F)cccc1F)C1CCOCC1.Cl.Cl.Cl. The molecule has 446 valence electrons. The third-order valence-corrected chi connectivity index (χ3v) is 16.2. The molecule has 0 radical (unpaired) electrons. The first-order valence-corrected chi connectivity index (χ1v) is 27.2. The van der Waals surface area contributed by atoms with Gasteiger partial charge in [-0.3, -0.25) is 38.6 Å². The maximum atomic E-state index is 15.0. The van der Waals surface area contributed by atoms with E-state index < -0.39 is 76.9 Å². The van der Waals surface area contributed by atoms with Gasteiger partial charge in [0.25, 0.3) is 5.91 Å². The van der Waals surface area contributed by atoms with Crippen molar-refractivity contribution in [3.8, 4) is 0 Å². The molecular weight excluding hydrogens is 1130 g/mol. The van der Waals surface area contributed by atoms with Crippen LogP contribution in [0.1, 0.15) is 74.4 Å². The molecule has 9 rings (SSSR count). The number of anilines is 3. The molecule has 5 aliphatic heterocycles. The predicted molar refractivity (Wildman–Crippen MR) is 312 cm³/mol. The van der Waals surface area contributed by atoms with E-state index in [2.05, 4.69) is 55.5 Å². The molecule has 5 aliphatic rings. The molecule has 0 saturated carbocycles. The molecule has 7 atom stereocenters. The lowest BCUT2D eigenvalue weighted by atomic mass is 9.83. The fraction of sp³-hybridized carbons (Fsp3) is 0.483. The smallest absolute Gasteiger partial charge is 0.252 e. The largest absolute Gasteiger partial charge is 0.381 e. The molecule has 82 heavy (non-hydrogen) atoms. The lowest BCUT2D eigenvalue weighted by Gasteiger charge is -2.43. The zero-order chi connectivity index (χ0) is 56.1. The Labute approximate surface area is 494 Å². The number of benzene rings is 4. The molecule has 5 heterocycles. The van der Waals surface area contributed by atoms with Crippen molar-refractivity contribution in [1.82, 2.24) is 36.0 Å². The minimum absolute atomic E-state index is 0. The normalized spacial score (nSPS) is 22.4. The highest BCUT2D eigenvalue weighted by atomic mass is 35.5. The Balaban J connectivity index is 0.00000360. The van der Waals surface area contributed by atoms with Crippen molar-refractivity contribution in [2.75, 3.05) is 94.8 Å². The number of nitrogens with zero attached hydrogens (tertiary/aromatic N) is 4. The van der Waals surface area contributed by atoms with Crippen LogP contribution in [0.25, 0.3) is 0 Å². The third kappa shape index (κ3) is 14.7. The molecule has 4 aromatic rings. The van der Waals surface area contributed by atoms with E-state index in [4.69, 9.17) is 9.47 Å². The number of carbonyl (C=O) groups is 6. The molecule has 18 nitrogen and oxygen atoms in total. The van der Waals surface area contributed by atoms with Crippen molar-refractivity contribution < 1.29 is 51.4 Å². The van der Waals surface area contributed by atoms with Gasteiger partial charge in [0.2, 0.25) is 29.5 Å². The zero-order valence-electron chi connectivity index (χ0n) is 46.6. The van der Waals surface area contributed by atoms with Crippen LogP contribution in [0.15, 0.2) is 78.9 Å². The molecular formula is C58H74Cl3F3N10O8. The quantitative estimate of drug-likeness (QED) is 0.0804. The Bertz CT molecular complexity index is 2930. The number of morpholine rings is 1. The van der Waals surface area contributed by atoms with E-state index in [0.29, 0.717) is 75.6 Å². The molecule has 3 fully saturated rings. The third-order valence-electron chi connectivity index (χ3n) is 16.2. The Hall–Kier alpha value is -5.88. The zero-order valence-corrected chi connectivity index (χ0v) is 49.0. The van der Waals surface area contributed by atoms with Gasteiger partial charge >= 0.3 is 0 Å². The minimum Gasteiger partial charge on any atom is -0.381 e. The summed E-state index contributed by atoms with van der Waals surface area (Å²) in [7, 11) is 1.61. The van der Waals surface area contributed by atoms with Crippen LogP contribution in [0.5, 0.6) is 0 Å². The number of amides is 6. The first-order valence-electron chi connectivity index (χ1n) is 27.2. The second kappa shape index (κ2) is 28.6. The first kappa shape index (κ1) is 65.3. The molecule has 3 unspecified atom stereocenters. The summed E-state index contributed by atoms with van der Waals surface area (Å²) in [4.78, 5) is 93.3. The van der Waals surface area contributed by atoms with Gasteiger partial charge in [0, 0.05) is 82.0 Å². The van der Waals surface area contributed by atoms with Gasteiger partial charge in [-0.15, -0.1) is 37.2 Å². The monoisotopic (exact) mass is 1200 g/mol. The van der Waals surface area contributed by atoms with Crippen molar-refractivity contribution in [3.05, 3.63) is 124 Å². The van der Waals surface area contributed by atoms with E-state index in [-0.39, 0.29) is 104 Å². The van der Waals surface area contributed by atoms with Crippen LogP contribution in [0.4, 0.5) is 30.2 Å². The molecule has 0 aromatic heterocycles. The highest BCUT2D eigenvalue weighted by Crippen LogP contribution is 2.43. The van der Waals surface area contributed by atoms with Gasteiger partial charge in [-0.25, -0.2) is 13.2 Å². The van der Waals surface area contributed by atoms with Gasteiger partial charge in [0.1, 0.15) is 35.2 Å². The number of carbonyl (C=O) groups excluding carboxylic acids is 6. The van der Waals surface area contributed by atoms with Crippen molar-refractivity contribution in [3.63, 3.8) is 0 Å². The van der Waals surface area contributed by atoms with Gasteiger partial charge in [-0.1, -0.05) is 36.4 Å². The lowest BCUT2D eigenvalue weighted by molar-refractivity contribution is -0.144. The summed E-state index contributed by atoms with van der Waals surface area (Å²) in [5, 5.41) is 17.3. The molecule has 24 heteroatoms. The Kier molecular flexibility index (Phi) is 22.8. The van der Waals surface area contributed by atoms with E-state index in [9.17, 15) is 33.2 Å². The Morgan fingerprint density at radius 3 is 2.24 bits per heavy atom. The molecule has 4 aromatic carbocycles. The molecule has 0 bridgehead atoms. The van der Waals surface area contributed by atoms with Gasteiger partial charge in [0.15, 0.2) is 0 Å². The van der Waals surface area contributed by atoms with Crippen molar-refractivity contribution in [1.29, 1.82) is 0 Å². The average Bonchev–Trinajstić information content (AvgIpc) is 4.13. The average molecular weight is 1200 g/mol. The molecule has 0 aliphatic carbocycles. The molecule has 6 amide bonds. The summed E-state index contributed by atoms with van der Waals surface area (Å²) in [5.74, 6) is -6.05. The number of rotatable bonds is 17. The number of fused-ring (bicyclic) bond motifs is 2. The fourth-order valence-electron chi connectivity index (χ4n) is 11.5. The van der Waals surface area contributed by atoms with Crippen LogP contribution in [-0.4, -0.2) is 160 Å². The number of piperazine rings is 1. The van der Waals surface area contributed by atoms with Crippen molar-refractivity contribution >= 4 is 89.7 Å². The fourth-order valence-corrected chi connectivity index (χ4v) is 11.5. The standard InChI is InChI=1S/C58H71F3N10O8.3ClH/c1-34-28-69(43(26-63-34)30-68-19-22-79-32-35(68)2)31-50(73)71-33-58(4,45-16-11-38(24-48(45)71)23-37-9-13-41(59)14-10-37)57(77)64-27-49(72)65-42-15-12-40-29-70(53(44(40)25-42)55(75)67-52-46(60)7-6-8-47(52)61)56(76)51(39-17-20-78-21-18-39)66-54(74)36(3)62-5;;;/h6-16,24-25,34-36,39,43,51,53,62-63H,17-23,26-33H2,1-5H3,(H,64,77)(H,65,72)(H,66,74)(H,67,75);3*1H/t34?,35-,36?,43-,51?,53+,58+;;;/m1.../s1. The summed E-state index contributed by atoms with van der Waals surface area (Å²) in [5.41, 5.74) is 1.86. The number of hydrogen-bond donors (Lipinski definition) is 6. The minimum atomic E-state index is -1.46. The van der Waals surface area contributed by atoms with E-state index >= 15 is 8.78 Å². The van der Waals surface area contributed by atoms with Gasteiger partial charge in [0.05, 0.1) is 37.8 Å². The molecule has 0 spiro atoms. The van der Waals surface area contributed by atoms with Gasteiger partial charge < -0.3 is 51.2 Å². The van der Waals surface area contributed by atoms with Gasteiger partial charge in [-0.2, -0.15) is 0 Å². The maximum Gasteiger partial charge on any atom is 0.252 e. The summed E-state index contributed by atoms with van der Waals surface area (Å²) in [6.07, 6.45) is 1.35. The van der Waals surface area contributed by atoms with Crippen LogP contribution in [-0.2, 0) is 56.6 Å². The molecule has 6 N–H and O–H groups in total. The summed E-state index contributed by atoms with van der Waals surface area (Å²) >= 11 is 0. The van der Waals surface area contributed by atoms with Crippen LogP contribution in [0.2, 0.25) is 0 Å². The van der Waals surface area contributed by atoms with E-state index in [0.717, 1.165) is 42.4 Å². The van der Waals surface area contributed by atoms with Crippen LogP contribution >= 0.6 is 37.2 Å². The summed E-state index contributed by atoms with van der Waals surface area (Å²) in [6.45, 7) is 12.0. The van der Waals surface area contributed by atoms with Crippen LogP contribution in [0, 0.1) is 23.4 Å². The number of hydrogen-bond acceptors (Lipinski definition) is 12. The number of ether oxygens (including phenoxy) is 2. The van der Waals surface area contributed by atoms with Crippen LogP contribution in [0.3, 0.4) is 0 Å². The summed E-state index contributed by atoms with van der Waals surface area (Å²) in [6, 6.07) is 16.9. The summed E-state index contributed by atoms with van der Waals surface area (Å²) < 4.78 is 55.2. The van der Waals surface area contributed by atoms with Crippen molar-refractivity contribution in [2.24, 2.45) is 5.92 Å². The second-order valence-electron chi connectivity index (χ2n) is 21.8. The molecule has 3 saturated heterocycles. The predicted octanol–water partition coefficient (Wildman–Crippen LogP) is 5.24. The van der Waals surface area contributed by atoms with Crippen LogP contribution < -0.4 is 36.8 Å².